The summed E-state index contributed by atoms with van der Waals surface area (Å²) in [5.74, 6) is 0.313. The van der Waals surface area contributed by atoms with Gasteiger partial charge in [0.05, 0.1) is 17.3 Å². The van der Waals surface area contributed by atoms with Gasteiger partial charge in [0.25, 0.3) is 0 Å². The molecule has 2 unspecified atom stereocenters. The van der Waals surface area contributed by atoms with Crippen LogP contribution in [0.4, 0.5) is 0 Å². The summed E-state index contributed by atoms with van der Waals surface area (Å²) in [7, 11) is 1.57. The molecule has 1 aliphatic rings. The van der Waals surface area contributed by atoms with Gasteiger partial charge in [-0.05, 0) is 18.8 Å². The summed E-state index contributed by atoms with van der Waals surface area (Å²) in [6, 6.07) is 0. The van der Waals surface area contributed by atoms with Crippen LogP contribution in [0.3, 0.4) is 0 Å². The molecule has 0 aliphatic heterocycles. The minimum Gasteiger partial charge on any atom is -0.477 e. The van der Waals surface area contributed by atoms with E-state index in [0.29, 0.717) is 16.5 Å². The predicted molar refractivity (Wildman–Crippen MR) is 74.8 cm³/mol. The molecule has 19 heavy (non-hydrogen) atoms. The van der Waals surface area contributed by atoms with Crippen molar-refractivity contribution < 1.29 is 14.6 Å². The molecule has 5 heteroatoms. The second-order valence-electron chi connectivity index (χ2n) is 5.20. The number of hydrogen-bond acceptors (Lipinski definition) is 4. The Morgan fingerprint density at radius 2 is 2.32 bits per heavy atom. The van der Waals surface area contributed by atoms with E-state index >= 15 is 0 Å². The third-order valence-electron chi connectivity index (χ3n) is 3.90. The molecule has 106 valence electrons. The average Bonchev–Trinajstić information content (AvgIpc) is 2.83. The van der Waals surface area contributed by atoms with Gasteiger partial charge in [-0.2, -0.15) is 0 Å². The summed E-state index contributed by atoms with van der Waals surface area (Å²) in [6.45, 7) is 2.51. The van der Waals surface area contributed by atoms with Gasteiger partial charge in [-0.25, -0.2) is 9.78 Å². The van der Waals surface area contributed by atoms with E-state index in [0.717, 1.165) is 23.8 Å². The molecule has 0 spiro atoms. The molecule has 0 bridgehead atoms. The number of hydrogen-bond donors (Lipinski definition) is 1. The third kappa shape index (κ3) is 3.34. The summed E-state index contributed by atoms with van der Waals surface area (Å²) in [6.07, 6.45) is 6.02. The first kappa shape index (κ1) is 14.5. The van der Waals surface area contributed by atoms with Crippen molar-refractivity contribution in [2.45, 2.75) is 51.6 Å². The Kier molecular flexibility index (Phi) is 4.93. The van der Waals surface area contributed by atoms with Crippen LogP contribution in [-0.2, 0) is 11.3 Å². The summed E-state index contributed by atoms with van der Waals surface area (Å²) >= 11 is 1.34. The van der Waals surface area contributed by atoms with Crippen LogP contribution in [-0.4, -0.2) is 23.2 Å². The highest BCUT2D eigenvalue weighted by Gasteiger charge is 2.27. The van der Waals surface area contributed by atoms with E-state index in [-0.39, 0.29) is 6.61 Å². The first-order valence-electron chi connectivity index (χ1n) is 6.87. The molecule has 0 amide bonds. The van der Waals surface area contributed by atoms with E-state index in [1.165, 1.54) is 30.6 Å². The zero-order valence-electron chi connectivity index (χ0n) is 11.5. The van der Waals surface area contributed by atoms with E-state index in [2.05, 4.69) is 11.9 Å². The summed E-state index contributed by atoms with van der Waals surface area (Å²) < 4.78 is 5.04. The zero-order chi connectivity index (χ0) is 13.8. The van der Waals surface area contributed by atoms with Crippen LogP contribution in [0.2, 0.25) is 0 Å². The number of nitrogens with zero attached hydrogens (tertiary/aromatic N) is 1. The lowest BCUT2D eigenvalue weighted by Crippen LogP contribution is -2.13. The molecule has 1 aromatic rings. The van der Waals surface area contributed by atoms with Gasteiger partial charge < -0.3 is 9.84 Å². The van der Waals surface area contributed by atoms with Crippen molar-refractivity contribution in [3.05, 3.63) is 15.6 Å². The first-order chi connectivity index (χ1) is 9.15. The molecule has 1 saturated carbocycles. The second kappa shape index (κ2) is 6.48. The highest BCUT2D eigenvalue weighted by molar-refractivity contribution is 7.13. The number of aromatic nitrogens is 1. The summed E-state index contributed by atoms with van der Waals surface area (Å²) in [4.78, 5) is 16.1. The van der Waals surface area contributed by atoms with Crippen molar-refractivity contribution in [2.24, 2.45) is 5.92 Å². The quantitative estimate of drug-likeness (QED) is 0.895. The zero-order valence-corrected chi connectivity index (χ0v) is 12.3. The van der Waals surface area contributed by atoms with Gasteiger partial charge in [-0.3, -0.25) is 0 Å². The normalized spacial score (nSPS) is 23.5. The molecule has 4 nitrogen and oxygen atoms in total. The number of thiazole rings is 1. The number of carboxylic acids is 1. The van der Waals surface area contributed by atoms with E-state index in [1.807, 2.05) is 0 Å². The number of carbonyl (C=O) groups is 1. The molecule has 0 aromatic carbocycles. The molecular formula is C14H21NO3S. The smallest absolute Gasteiger partial charge is 0.347 e. The van der Waals surface area contributed by atoms with Gasteiger partial charge in [0.1, 0.15) is 4.88 Å². The van der Waals surface area contributed by atoms with E-state index in [4.69, 9.17) is 4.74 Å². The number of ether oxygens (including phenoxy) is 1. The molecule has 0 radical (unpaired) electrons. The largest absolute Gasteiger partial charge is 0.477 e. The van der Waals surface area contributed by atoms with Gasteiger partial charge in [-0.15, -0.1) is 11.3 Å². The van der Waals surface area contributed by atoms with E-state index in [9.17, 15) is 9.90 Å². The standard InChI is InChI=1S/C14H21NO3S/c1-3-9-5-4-6-10(7-9)13-15-11(8-18-2)12(19-13)14(16)17/h9-10H,3-8H2,1-2H3,(H,16,17). The Morgan fingerprint density at radius 3 is 2.95 bits per heavy atom. The predicted octanol–water partition coefficient (Wildman–Crippen LogP) is 3.67. The van der Waals surface area contributed by atoms with Crippen LogP contribution in [0, 0.1) is 5.92 Å². The first-order valence-corrected chi connectivity index (χ1v) is 7.69. The number of methoxy groups -OCH3 is 1. The van der Waals surface area contributed by atoms with Crippen molar-refractivity contribution in [3.63, 3.8) is 0 Å². The lowest BCUT2D eigenvalue weighted by molar-refractivity contribution is 0.0697. The summed E-state index contributed by atoms with van der Waals surface area (Å²) in [5, 5.41) is 10.2. The fourth-order valence-corrected chi connectivity index (χ4v) is 3.89. The van der Waals surface area contributed by atoms with Gasteiger partial charge >= 0.3 is 5.97 Å². The van der Waals surface area contributed by atoms with Crippen molar-refractivity contribution in [1.29, 1.82) is 0 Å². The third-order valence-corrected chi connectivity index (χ3v) is 5.15. The molecule has 1 aromatic heterocycles. The SMILES string of the molecule is CCC1CCCC(c2nc(COC)c(C(=O)O)s2)C1. The Hall–Kier alpha value is -0.940. The maximum absolute atomic E-state index is 11.2. The molecule has 1 fully saturated rings. The van der Waals surface area contributed by atoms with Crippen molar-refractivity contribution in [2.75, 3.05) is 7.11 Å². The maximum atomic E-state index is 11.2. The van der Waals surface area contributed by atoms with E-state index in [1.54, 1.807) is 7.11 Å². The van der Waals surface area contributed by atoms with Crippen LogP contribution in [0.1, 0.15) is 65.3 Å². The minimum atomic E-state index is -0.890. The highest BCUT2D eigenvalue weighted by atomic mass is 32.1. The maximum Gasteiger partial charge on any atom is 0.347 e. The number of carboxylic acid groups (broad SMARTS) is 1. The fourth-order valence-electron chi connectivity index (χ4n) is 2.83. The van der Waals surface area contributed by atoms with Crippen molar-refractivity contribution in [3.8, 4) is 0 Å². The Balaban J connectivity index is 2.19. The molecule has 1 heterocycles. The molecule has 0 saturated heterocycles. The van der Waals surface area contributed by atoms with Crippen LogP contribution in [0.25, 0.3) is 0 Å². The van der Waals surface area contributed by atoms with Crippen LogP contribution in [0.15, 0.2) is 0 Å². The van der Waals surface area contributed by atoms with Gasteiger partial charge in [0, 0.05) is 13.0 Å². The molecular weight excluding hydrogens is 262 g/mol. The fraction of sp³-hybridized carbons (Fsp3) is 0.714. The molecule has 2 atom stereocenters. The number of rotatable bonds is 5. The minimum absolute atomic E-state index is 0.280. The van der Waals surface area contributed by atoms with Gasteiger partial charge in [0.15, 0.2) is 0 Å². The van der Waals surface area contributed by atoms with Crippen LogP contribution < -0.4 is 0 Å². The Morgan fingerprint density at radius 1 is 1.53 bits per heavy atom. The van der Waals surface area contributed by atoms with Gasteiger partial charge in [0.2, 0.25) is 0 Å². The molecule has 1 aliphatic carbocycles. The molecule has 2 rings (SSSR count). The van der Waals surface area contributed by atoms with Crippen molar-refractivity contribution in [1.82, 2.24) is 4.98 Å². The molecule has 1 N–H and O–H groups in total. The Bertz CT molecular complexity index is 444. The monoisotopic (exact) mass is 283 g/mol. The average molecular weight is 283 g/mol. The summed E-state index contributed by atoms with van der Waals surface area (Å²) in [5.41, 5.74) is 0.577. The lowest BCUT2D eigenvalue weighted by Gasteiger charge is -2.26. The van der Waals surface area contributed by atoms with Gasteiger partial charge in [-0.1, -0.05) is 26.2 Å². The van der Waals surface area contributed by atoms with Crippen LogP contribution >= 0.6 is 11.3 Å². The number of aromatic carboxylic acids is 1. The lowest BCUT2D eigenvalue weighted by atomic mass is 9.80. The highest BCUT2D eigenvalue weighted by Crippen LogP contribution is 2.39. The second-order valence-corrected chi connectivity index (χ2v) is 6.23. The van der Waals surface area contributed by atoms with Crippen LogP contribution in [0.5, 0.6) is 0 Å². The Labute approximate surface area is 117 Å². The topological polar surface area (TPSA) is 59.4 Å². The van der Waals surface area contributed by atoms with Crippen molar-refractivity contribution >= 4 is 17.3 Å². The van der Waals surface area contributed by atoms with E-state index < -0.39 is 5.97 Å².